The molecule has 1 fully saturated rings. The van der Waals surface area contributed by atoms with Crippen LogP contribution in [-0.2, 0) is 4.79 Å². The van der Waals surface area contributed by atoms with Crippen LogP contribution in [0.5, 0.6) is 5.75 Å². The second-order valence-electron chi connectivity index (χ2n) is 5.98. The van der Waals surface area contributed by atoms with Crippen LogP contribution < -0.4 is 9.64 Å². The Morgan fingerprint density at radius 1 is 1.22 bits per heavy atom. The van der Waals surface area contributed by atoms with Crippen LogP contribution in [0.1, 0.15) is 12.7 Å². The van der Waals surface area contributed by atoms with Gasteiger partial charge in [-0.2, -0.15) is 0 Å². The van der Waals surface area contributed by atoms with Gasteiger partial charge in [0.2, 0.25) is 5.91 Å². The van der Waals surface area contributed by atoms with Crippen LogP contribution >= 0.6 is 0 Å². The largest absolute Gasteiger partial charge is 0.492 e. The van der Waals surface area contributed by atoms with Crippen LogP contribution in [0.25, 0.3) is 6.08 Å². The molecule has 8 heteroatoms. The monoisotopic (exact) mass is 371 g/mol. The summed E-state index contributed by atoms with van der Waals surface area (Å²) in [6.45, 7) is 5.13. The van der Waals surface area contributed by atoms with Crippen LogP contribution in [-0.4, -0.2) is 48.5 Å². The van der Waals surface area contributed by atoms with Gasteiger partial charge in [-0.1, -0.05) is 12.1 Å². The minimum Gasteiger partial charge on any atom is -0.492 e. The van der Waals surface area contributed by atoms with Gasteiger partial charge in [-0.25, -0.2) is 0 Å². The molecule has 0 saturated carbocycles. The lowest BCUT2D eigenvalue weighted by Crippen LogP contribution is -2.48. The fourth-order valence-electron chi connectivity index (χ4n) is 2.95. The number of piperazine rings is 1. The maximum Gasteiger partial charge on any atom is 0.433 e. The molecule has 0 radical (unpaired) electrons. The summed E-state index contributed by atoms with van der Waals surface area (Å²) in [6.07, 6.45) is 2.83. The van der Waals surface area contributed by atoms with E-state index in [1.54, 1.807) is 4.90 Å². The number of anilines is 1. The molecule has 0 atom stereocenters. The van der Waals surface area contributed by atoms with E-state index in [4.69, 9.17) is 9.15 Å². The van der Waals surface area contributed by atoms with Gasteiger partial charge >= 0.3 is 5.88 Å². The molecule has 0 bridgehead atoms. The number of nitrogens with zero attached hydrogens (tertiary/aromatic N) is 3. The van der Waals surface area contributed by atoms with Crippen molar-refractivity contribution in [2.75, 3.05) is 37.7 Å². The molecule has 1 aliphatic rings. The highest BCUT2D eigenvalue weighted by atomic mass is 16.6. The van der Waals surface area contributed by atoms with Gasteiger partial charge < -0.3 is 19.0 Å². The number of hydrogen-bond donors (Lipinski definition) is 0. The van der Waals surface area contributed by atoms with Gasteiger partial charge in [-0.3, -0.25) is 14.9 Å². The Labute approximate surface area is 156 Å². The Hall–Kier alpha value is -3.29. The molecule has 1 aromatic carbocycles. The van der Waals surface area contributed by atoms with E-state index in [-0.39, 0.29) is 17.6 Å². The molecule has 1 saturated heterocycles. The van der Waals surface area contributed by atoms with E-state index < -0.39 is 4.92 Å². The van der Waals surface area contributed by atoms with E-state index in [1.165, 1.54) is 24.3 Å². The summed E-state index contributed by atoms with van der Waals surface area (Å²) in [6, 6.07) is 10.6. The third-order valence-electron chi connectivity index (χ3n) is 4.28. The zero-order valence-electron chi connectivity index (χ0n) is 15.0. The topological polar surface area (TPSA) is 89.1 Å². The molecule has 3 rings (SSSR count). The van der Waals surface area contributed by atoms with Crippen molar-refractivity contribution in [2.24, 2.45) is 0 Å². The fraction of sp³-hybridized carbons (Fsp3) is 0.316. The van der Waals surface area contributed by atoms with E-state index in [9.17, 15) is 14.9 Å². The van der Waals surface area contributed by atoms with Crippen LogP contribution in [0.2, 0.25) is 0 Å². The van der Waals surface area contributed by atoms with Gasteiger partial charge in [0.05, 0.1) is 18.4 Å². The minimum atomic E-state index is -0.613. The van der Waals surface area contributed by atoms with Crippen molar-refractivity contribution in [1.82, 2.24) is 4.90 Å². The molecule has 0 aliphatic carbocycles. The Morgan fingerprint density at radius 3 is 2.63 bits per heavy atom. The first-order valence-electron chi connectivity index (χ1n) is 8.76. The van der Waals surface area contributed by atoms with E-state index >= 15 is 0 Å². The van der Waals surface area contributed by atoms with Gasteiger partial charge in [-0.15, -0.1) is 0 Å². The van der Waals surface area contributed by atoms with Gasteiger partial charge in [0.25, 0.3) is 0 Å². The van der Waals surface area contributed by atoms with Gasteiger partial charge in [0.1, 0.15) is 16.4 Å². The number of furan rings is 1. The van der Waals surface area contributed by atoms with E-state index in [1.807, 2.05) is 31.2 Å². The van der Waals surface area contributed by atoms with Crippen molar-refractivity contribution in [1.29, 1.82) is 0 Å². The summed E-state index contributed by atoms with van der Waals surface area (Å²) in [5, 5.41) is 10.6. The highest BCUT2D eigenvalue weighted by Crippen LogP contribution is 2.28. The molecule has 2 heterocycles. The molecule has 0 N–H and O–H groups in total. The van der Waals surface area contributed by atoms with Crippen LogP contribution in [0.4, 0.5) is 11.6 Å². The third-order valence-corrected chi connectivity index (χ3v) is 4.28. The second-order valence-corrected chi connectivity index (χ2v) is 5.98. The van der Waals surface area contributed by atoms with Crippen LogP contribution in [0.3, 0.4) is 0 Å². The number of amides is 1. The molecule has 27 heavy (non-hydrogen) atoms. The Morgan fingerprint density at radius 2 is 1.96 bits per heavy atom. The number of hydrogen-bond acceptors (Lipinski definition) is 6. The normalized spacial score (nSPS) is 14.6. The molecule has 142 valence electrons. The summed E-state index contributed by atoms with van der Waals surface area (Å²) in [7, 11) is 0. The number of nitro groups is 1. The molecule has 1 aliphatic heterocycles. The standard InChI is InChI=1S/C19H21N3O5/c1-2-26-17-6-4-3-5-16(17)20-11-13-21(14-12-20)18(23)9-7-15-8-10-19(27-15)22(24)25/h3-10H,2,11-14H2,1H3/b9-7+. The molecule has 0 spiro atoms. The quantitative estimate of drug-likeness (QED) is 0.441. The van der Waals surface area contributed by atoms with Crippen LogP contribution in [0, 0.1) is 10.1 Å². The maximum absolute atomic E-state index is 12.3. The fourth-order valence-corrected chi connectivity index (χ4v) is 2.95. The van der Waals surface area contributed by atoms with Gasteiger partial charge in [0.15, 0.2) is 0 Å². The Balaban J connectivity index is 1.57. The van der Waals surface area contributed by atoms with Crippen molar-refractivity contribution in [3.05, 3.63) is 58.3 Å². The number of carbonyl (C=O) groups excluding carboxylic acids is 1. The predicted octanol–water partition coefficient (Wildman–Crippen LogP) is 2.95. The van der Waals surface area contributed by atoms with Crippen molar-refractivity contribution >= 4 is 23.6 Å². The number of benzene rings is 1. The maximum atomic E-state index is 12.3. The molecule has 2 aromatic rings. The summed E-state index contributed by atoms with van der Waals surface area (Å²) in [4.78, 5) is 26.3. The summed E-state index contributed by atoms with van der Waals surface area (Å²) in [5.74, 6) is 0.633. The smallest absolute Gasteiger partial charge is 0.433 e. The minimum absolute atomic E-state index is 0.146. The number of carbonyl (C=O) groups is 1. The lowest BCUT2D eigenvalue weighted by molar-refractivity contribution is -0.402. The first-order chi connectivity index (χ1) is 13.1. The number of rotatable bonds is 6. The first-order valence-corrected chi connectivity index (χ1v) is 8.76. The SMILES string of the molecule is CCOc1ccccc1N1CCN(C(=O)/C=C/c2ccc([N+](=O)[O-])o2)CC1. The first kappa shape index (κ1) is 18.5. The predicted molar refractivity (Wildman–Crippen MR) is 101 cm³/mol. The van der Waals surface area contributed by atoms with Crippen molar-refractivity contribution in [3.63, 3.8) is 0 Å². The summed E-state index contributed by atoms with van der Waals surface area (Å²) >= 11 is 0. The summed E-state index contributed by atoms with van der Waals surface area (Å²) in [5.41, 5.74) is 1.03. The van der Waals surface area contributed by atoms with E-state index in [2.05, 4.69) is 4.90 Å². The molecule has 0 unspecified atom stereocenters. The van der Waals surface area contributed by atoms with E-state index in [0.717, 1.165) is 11.4 Å². The molecule has 1 amide bonds. The number of ether oxygens (including phenoxy) is 1. The second kappa shape index (κ2) is 8.39. The van der Waals surface area contributed by atoms with Crippen molar-refractivity contribution < 1.29 is 18.9 Å². The van der Waals surface area contributed by atoms with Gasteiger partial charge in [0, 0.05) is 32.3 Å². The molecular weight excluding hydrogens is 350 g/mol. The van der Waals surface area contributed by atoms with Crippen molar-refractivity contribution in [2.45, 2.75) is 6.92 Å². The third kappa shape index (κ3) is 4.46. The average Bonchev–Trinajstić information content (AvgIpc) is 3.16. The Kier molecular flexibility index (Phi) is 5.75. The molecule has 8 nitrogen and oxygen atoms in total. The zero-order valence-corrected chi connectivity index (χ0v) is 15.0. The Bertz CT molecular complexity index is 837. The number of para-hydroxylation sites is 2. The van der Waals surface area contributed by atoms with Gasteiger partial charge in [-0.05, 0) is 31.2 Å². The van der Waals surface area contributed by atoms with Crippen molar-refractivity contribution in [3.8, 4) is 5.75 Å². The lowest BCUT2D eigenvalue weighted by Gasteiger charge is -2.36. The lowest BCUT2D eigenvalue weighted by atomic mass is 10.2. The molecule has 1 aromatic heterocycles. The van der Waals surface area contributed by atoms with E-state index in [0.29, 0.717) is 32.8 Å². The van der Waals surface area contributed by atoms with Crippen LogP contribution in [0.15, 0.2) is 46.9 Å². The highest BCUT2D eigenvalue weighted by Gasteiger charge is 2.22. The highest BCUT2D eigenvalue weighted by molar-refractivity contribution is 5.91. The average molecular weight is 371 g/mol. The zero-order chi connectivity index (χ0) is 19.2. The molecular formula is C19H21N3O5. The summed E-state index contributed by atoms with van der Waals surface area (Å²) < 4.78 is 10.7.